The fourth-order valence-electron chi connectivity index (χ4n) is 3.63. The van der Waals surface area contributed by atoms with Gasteiger partial charge in [0, 0.05) is 51.4 Å². The lowest BCUT2D eigenvalue weighted by atomic mass is 9.95. The maximum atomic E-state index is 3.45. The van der Waals surface area contributed by atoms with Crippen LogP contribution in [0.5, 0.6) is 0 Å². The summed E-state index contributed by atoms with van der Waals surface area (Å²) < 4.78 is 0. The monoisotopic (exact) mass is 273 g/mol. The molecule has 0 aliphatic carbocycles. The Labute approximate surface area is 123 Å². The third kappa shape index (κ3) is 3.40. The minimum atomic E-state index is 0.698. The van der Waals surface area contributed by atoms with E-state index in [-0.39, 0.29) is 0 Å². The molecule has 3 rings (SSSR count). The van der Waals surface area contributed by atoms with Crippen molar-refractivity contribution in [3.63, 3.8) is 0 Å². The quantitative estimate of drug-likeness (QED) is 0.908. The molecule has 2 aliphatic rings. The second-order valence-corrected chi connectivity index (χ2v) is 6.27. The van der Waals surface area contributed by atoms with Crippen molar-refractivity contribution < 1.29 is 0 Å². The zero-order valence-electron chi connectivity index (χ0n) is 12.6. The molecule has 1 N–H and O–H groups in total. The van der Waals surface area contributed by atoms with Crippen LogP contribution in [-0.2, 0) is 6.54 Å². The van der Waals surface area contributed by atoms with Gasteiger partial charge < -0.3 is 5.32 Å². The van der Waals surface area contributed by atoms with Gasteiger partial charge in [0.2, 0.25) is 0 Å². The Morgan fingerprint density at radius 2 is 1.85 bits per heavy atom. The molecule has 3 heteroatoms. The largest absolute Gasteiger partial charge is 0.314 e. The molecule has 20 heavy (non-hydrogen) atoms. The lowest BCUT2D eigenvalue weighted by Crippen LogP contribution is -2.53. The Hall–Kier alpha value is -0.900. The summed E-state index contributed by atoms with van der Waals surface area (Å²) in [5, 5.41) is 3.45. The van der Waals surface area contributed by atoms with Gasteiger partial charge in [0.25, 0.3) is 0 Å². The van der Waals surface area contributed by atoms with E-state index < -0.39 is 0 Å². The van der Waals surface area contributed by atoms with Gasteiger partial charge in [0.15, 0.2) is 0 Å². The topological polar surface area (TPSA) is 18.5 Å². The maximum absolute atomic E-state index is 3.45. The van der Waals surface area contributed by atoms with E-state index in [2.05, 4.69) is 52.4 Å². The van der Waals surface area contributed by atoms with Crippen LogP contribution in [-0.4, -0.2) is 54.6 Å². The second kappa shape index (κ2) is 6.70. The predicted octanol–water partition coefficient (Wildman–Crippen LogP) is 1.94. The molecule has 0 radical (unpaired) electrons. The third-order valence-corrected chi connectivity index (χ3v) is 4.88. The fourth-order valence-corrected chi connectivity index (χ4v) is 3.63. The first kappa shape index (κ1) is 14.1. The Balaban J connectivity index is 1.54. The van der Waals surface area contributed by atoms with Crippen molar-refractivity contribution in [1.29, 1.82) is 0 Å². The molecular formula is C17H27N3. The van der Waals surface area contributed by atoms with Crippen molar-refractivity contribution in [3.05, 3.63) is 35.9 Å². The van der Waals surface area contributed by atoms with Gasteiger partial charge in [-0.3, -0.25) is 9.80 Å². The van der Waals surface area contributed by atoms with Gasteiger partial charge in [-0.2, -0.15) is 0 Å². The predicted molar refractivity (Wildman–Crippen MR) is 83.8 cm³/mol. The molecule has 1 aromatic carbocycles. The van der Waals surface area contributed by atoms with Gasteiger partial charge in [0.1, 0.15) is 0 Å². The number of nitrogens with zero attached hydrogens (tertiary/aromatic N) is 2. The Bertz CT molecular complexity index is 400. The van der Waals surface area contributed by atoms with Gasteiger partial charge in [-0.25, -0.2) is 0 Å². The molecule has 2 heterocycles. The van der Waals surface area contributed by atoms with Crippen molar-refractivity contribution in [3.8, 4) is 0 Å². The number of hydrogen-bond acceptors (Lipinski definition) is 3. The molecule has 3 nitrogen and oxygen atoms in total. The number of nitrogens with one attached hydrogen (secondary N) is 1. The number of hydrogen-bond donors (Lipinski definition) is 1. The molecule has 2 aliphatic heterocycles. The molecule has 0 aromatic heterocycles. The second-order valence-electron chi connectivity index (χ2n) is 6.27. The summed E-state index contributed by atoms with van der Waals surface area (Å²) in [6.07, 6.45) is 2.66. The van der Waals surface area contributed by atoms with Crippen LogP contribution in [0, 0.1) is 0 Å². The molecule has 0 spiro atoms. The normalized spacial score (nSPS) is 29.4. The lowest BCUT2D eigenvalue weighted by molar-refractivity contribution is 0.0610. The van der Waals surface area contributed by atoms with E-state index in [4.69, 9.17) is 0 Å². The molecule has 110 valence electrons. The molecular weight excluding hydrogens is 246 g/mol. The van der Waals surface area contributed by atoms with E-state index in [0.717, 1.165) is 12.6 Å². The Morgan fingerprint density at radius 3 is 2.55 bits per heavy atom. The highest BCUT2D eigenvalue weighted by atomic mass is 15.2. The van der Waals surface area contributed by atoms with Gasteiger partial charge in [-0.15, -0.1) is 0 Å². The summed E-state index contributed by atoms with van der Waals surface area (Å²) in [6.45, 7) is 9.54. The minimum absolute atomic E-state index is 0.698. The summed E-state index contributed by atoms with van der Waals surface area (Å²) in [4.78, 5) is 5.35. The van der Waals surface area contributed by atoms with Crippen LogP contribution >= 0.6 is 0 Å². The number of benzene rings is 1. The van der Waals surface area contributed by atoms with Gasteiger partial charge >= 0.3 is 0 Å². The number of piperazine rings is 1. The van der Waals surface area contributed by atoms with Crippen molar-refractivity contribution >= 4 is 0 Å². The number of piperidine rings is 1. The van der Waals surface area contributed by atoms with Crippen molar-refractivity contribution in [2.24, 2.45) is 0 Å². The fraction of sp³-hybridized carbons (Fsp3) is 0.647. The lowest BCUT2D eigenvalue weighted by Gasteiger charge is -2.43. The minimum Gasteiger partial charge on any atom is -0.314 e. The number of rotatable bonds is 3. The summed E-state index contributed by atoms with van der Waals surface area (Å²) in [7, 11) is 0. The SMILES string of the molecule is CC1CC(N2CCNCC2)CCN1Cc1ccccc1. The van der Waals surface area contributed by atoms with Gasteiger partial charge in [0.05, 0.1) is 0 Å². The van der Waals surface area contributed by atoms with Gasteiger partial charge in [-0.1, -0.05) is 30.3 Å². The Morgan fingerprint density at radius 1 is 1.10 bits per heavy atom. The first-order chi connectivity index (χ1) is 9.83. The van der Waals surface area contributed by atoms with E-state index in [1.807, 2.05) is 0 Å². The molecule has 2 unspecified atom stereocenters. The van der Waals surface area contributed by atoms with Crippen LogP contribution in [0.4, 0.5) is 0 Å². The zero-order valence-corrected chi connectivity index (χ0v) is 12.6. The smallest absolute Gasteiger partial charge is 0.0236 e. The van der Waals surface area contributed by atoms with Crippen LogP contribution < -0.4 is 5.32 Å². The maximum Gasteiger partial charge on any atom is 0.0236 e. The molecule has 2 atom stereocenters. The first-order valence-electron chi connectivity index (χ1n) is 8.05. The summed E-state index contributed by atoms with van der Waals surface area (Å²) in [6, 6.07) is 12.4. The zero-order chi connectivity index (χ0) is 13.8. The average Bonchev–Trinajstić information content (AvgIpc) is 2.51. The third-order valence-electron chi connectivity index (χ3n) is 4.88. The van der Waals surface area contributed by atoms with E-state index in [1.165, 1.54) is 51.1 Å². The standard InChI is InChI=1S/C17H27N3/c1-15-13-17(19-11-8-18-9-12-19)7-10-20(15)14-16-5-3-2-4-6-16/h2-6,15,17-18H,7-14H2,1H3. The van der Waals surface area contributed by atoms with Gasteiger partial charge in [-0.05, 0) is 25.3 Å². The van der Waals surface area contributed by atoms with E-state index in [1.54, 1.807) is 0 Å². The highest BCUT2D eigenvalue weighted by Gasteiger charge is 2.29. The van der Waals surface area contributed by atoms with Crippen molar-refractivity contribution in [2.45, 2.75) is 38.4 Å². The Kier molecular flexibility index (Phi) is 4.71. The van der Waals surface area contributed by atoms with E-state index in [9.17, 15) is 0 Å². The highest BCUT2D eigenvalue weighted by molar-refractivity contribution is 5.14. The highest BCUT2D eigenvalue weighted by Crippen LogP contribution is 2.23. The molecule has 2 saturated heterocycles. The number of likely N-dealkylation sites (tertiary alicyclic amines) is 1. The van der Waals surface area contributed by atoms with E-state index >= 15 is 0 Å². The molecule has 0 saturated carbocycles. The van der Waals surface area contributed by atoms with Crippen LogP contribution in [0.2, 0.25) is 0 Å². The molecule has 1 aromatic rings. The summed E-state index contributed by atoms with van der Waals surface area (Å²) in [5.74, 6) is 0. The van der Waals surface area contributed by atoms with E-state index in [0.29, 0.717) is 6.04 Å². The first-order valence-corrected chi connectivity index (χ1v) is 8.05. The van der Waals surface area contributed by atoms with Crippen LogP contribution in [0.1, 0.15) is 25.3 Å². The molecule has 2 fully saturated rings. The summed E-state index contributed by atoms with van der Waals surface area (Å²) in [5.41, 5.74) is 1.44. The average molecular weight is 273 g/mol. The van der Waals surface area contributed by atoms with Crippen molar-refractivity contribution in [1.82, 2.24) is 15.1 Å². The van der Waals surface area contributed by atoms with Crippen LogP contribution in [0.25, 0.3) is 0 Å². The molecule has 0 bridgehead atoms. The van der Waals surface area contributed by atoms with Crippen molar-refractivity contribution in [2.75, 3.05) is 32.7 Å². The molecule has 0 amide bonds. The van der Waals surface area contributed by atoms with Crippen LogP contribution in [0.3, 0.4) is 0 Å². The summed E-state index contributed by atoms with van der Waals surface area (Å²) >= 11 is 0. The van der Waals surface area contributed by atoms with Crippen LogP contribution in [0.15, 0.2) is 30.3 Å².